The second-order valence-electron chi connectivity index (χ2n) is 6.57. The molecule has 1 heterocycles. The highest BCUT2D eigenvalue weighted by Gasteiger charge is 2.35. The van der Waals surface area contributed by atoms with Gasteiger partial charge in [0.15, 0.2) is 0 Å². The molecule has 0 bridgehead atoms. The maximum absolute atomic E-state index is 12.5. The van der Waals surface area contributed by atoms with Gasteiger partial charge in [0.1, 0.15) is 5.02 Å². The van der Waals surface area contributed by atoms with Crippen molar-refractivity contribution in [1.29, 1.82) is 0 Å². The van der Waals surface area contributed by atoms with E-state index in [1.807, 2.05) is 0 Å². The SMILES string of the molecule is O=C(NCCN1C(=O)S/C(=C\c2ccc(Cl)c([N+](=O)[O-])c2)C1=O)C1CCCC1. The van der Waals surface area contributed by atoms with Crippen LogP contribution in [0.25, 0.3) is 6.08 Å². The van der Waals surface area contributed by atoms with Gasteiger partial charge in [-0.05, 0) is 42.3 Å². The summed E-state index contributed by atoms with van der Waals surface area (Å²) in [5.41, 5.74) is 0.125. The first-order chi connectivity index (χ1) is 13.4. The second-order valence-corrected chi connectivity index (χ2v) is 7.97. The third kappa shape index (κ3) is 4.53. The minimum atomic E-state index is -0.613. The van der Waals surface area contributed by atoms with Gasteiger partial charge in [-0.15, -0.1) is 0 Å². The van der Waals surface area contributed by atoms with Crippen LogP contribution in [0, 0.1) is 16.0 Å². The predicted octanol–water partition coefficient (Wildman–Crippen LogP) is 3.59. The van der Waals surface area contributed by atoms with Crippen molar-refractivity contribution in [2.45, 2.75) is 25.7 Å². The van der Waals surface area contributed by atoms with Gasteiger partial charge >= 0.3 is 0 Å². The van der Waals surface area contributed by atoms with Gasteiger partial charge in [-0.1, -0.05) is 30.5 Å². The molecule has 0 aromatic heterocycles. The quantitative estimate of drug-likeness (QED) is 0.425. The first kappa shape index (κ1) is 20.3. The van der Waals surface area contributed by atoms with Crippen molar-refractivity contribution >= 4 is 52.2 Å². The molecule has 1 aromatic rings. The monoisotopic (exact) mass is 423 g/mol. The average Bonchev–Trinajstić information content (AvgIpc) is 3.27. The molecule has 10 heteroatoms. The van der Waals surface area contributed by atoms with Crippen LogP contribution < -0.4 is 5.32 Å². The van der Waals surface area contributed by atoms with Gasteiger partial charge in [-0.25, -0.2) is 0 Å². The number of imide groups is 1. The molecule has 148 valence electrons. The Hall–Kier alpha value is -2.39. The number of carbonyl (C=O) groups excluding carboxylic acids is 3. The van der Waals surface area contributed by atoms with E-state index in [1.54, 1.807) is 0 Å². The lowest BCUT2D eigenvalue weighted by molar-refractivity contribution is -0.384. The highest BCUT2D eigenvalue weighted by atomic mass is 35.5. The van der Waals surface area contributed by atoms with Crippen LogP contribution in [0.2, 0.25) is 5.02 Å². The van der Waals surface area contributed by atoms with Crippen molar-refractivity contribution in [2.24, 2.45) is 5.92 Å². The number of nitrogens with zero attached hydrogens (tertiary/aromatic N) is 2. The van der Waals surface area contributed by atoms with Gasteiger partial charge in [0.2, 0.25) is 5.91 Å². The summed E-state index contributed by atoms with van der Waals surface area (Å²) in [7, 11) is 0. The van der Waals surface area contributed by atoms with Crippen molar-refractivity contribution in [3.63, 3.8) is 0 Å². The van der Waals surface area contributed by atoms with Gasteiger partial charge in [0, 0.05) is 25.1 Å². The number of halogens is 1. The number of nitrogens with one attached hydrogen (secondary N) is 1. The predicted molar refractivity (Wildman–Crippen MR) is 106 cm³/mol. The Kier molecular flexibility index (Phi) is 6.35. The molecule has 2 aliphatic rings. The number of carbonyl (C=O) groups is 3. The van der Waals surface area contributed by atoms with Gasteiger partial charge in [-0.3, -0.25) is 29.4 Å². The van der Waals surface area contributed by atoms with E-state index in [0.717, 1.165) is 42.3 Å². The molecule has 1 saturated heterocycles. The van der Waals surface area contributed by atoms with E-state index >= 15 is 0 Å². The Labute approximate surface area is 170 Å². The number of amides is 3. The molecule has 0 atom stereocenters. The fourth-order valence-corrected chi connectivity index (χ4v) is 4.28. The number of benzene rings is 1. The van der Waals surface area contributed by atoms with E-state index < -0.39 is 16.1 Å². The van der Waals surface area contributed by atoms with Crippen LogP contribution in [0.3, 0.4) is 0 Å². The Morgan fingerprint density at radius 3 is 2.75 bits per heavy atom. The zero-order valence-corrected chi connectivity index (χ0v) is 16.4. The summed E-state index contributed by atoms with van der Waals surface area (Å²) in [5.74, 6) is -0.494. The molecule has 1 N–H and O–H groups in total. The lowest BCUT2D eigenvalue weighted by Gasteiger charge is -2.14. The van der Waals surface area contributed by atoms with Crippen LogP contribution in [-0.4, -0.2) is 40.0 Å². The average molecular weight is 424 g/mol. The van der Waals surface area contributed by atoms with E-state index in [4.69, 9.17) is 11.6 Å². The number of thioether (sulfide) groups is 1. The summed E-state index contributed by atoms with van der Waals surface area (Å²) in [6, 6.07) is 4.15. The number of nitro benzene ring substituents is 1. The second kappa shape index (κ2) is 8.74. The number of rotatable bonds is 6. The van der Waals surface area contributed by atoms with Gasteiger partial charge in [-0.2, -0.15) is 0 Å². The molecule has 1 aromatic carbocycles. The third-order valence-electron chi connectivity index (χ3n) is 4.70. The minimum absolute atomic E-state index is 0.00624. The van der Waals surface area contributed by atoms with E-state index in [1.165, 1.54) is 24.3 Å². The molecule has 0 radical (unpaired) electrons. The molecule has 0 unspecified atom stereocenters. The molecule has 3 rings (SSSR count). The summed E-state index contributed by atoms with van der Waals surface area (Å²) in [6.45, 7) is 0.286. The highest BCUT2D eigenvalue weighted by Crippen LogP contribution is 2.33. The molecule has 1 aliphatic heterocycles. The number of hydrogen-bond acceptors (Lipinski definition) is 6. The summed E-state index contributed by atoms with van der Waals surface area (Å²) < 4.78 is 0. The fraction of sp³-hybridized carbons (Fsp3) is 0.389. The van der Waals surface area contributed by atoms with E-state index in [0.29, 0.717) is 5.56 Å². The van der Waals surface area contributed by atoms with Crippen LogP contribution in [0.15, 0.2) is 23.1 Å². The fourth-order valence-electron chi connectivity index (χ4n) is 3.23. The molecule has 2 fully saturated rings. The summed E-state index contributed by atoms with van der Waals surface area (Å²) in [4.78, 5) is 48.2. The maximum Gasteiger partial charge on any atom is 0.293 e. The smallest absolute Gasteiger partial charge is 0.293 e. The molecule has 1 aliphatic carbocycles. The summed E-state index contributed by atoms with van der Waals surface area (Å²) in [5, 5.41) is 13.3. The maximum atomic E-state index is 12.5. The van der Waals surface area contributed by atoms with E-state index in [2.05, 4.69) is 5.32 Å². The Balaban J connectivity index is 1.63. The van der Waals surface area contributed by atoms with Crippen LogP contribution in [0.4, 0.5) is 10.5 Å². The van der Waals surface area contributed by atoms with E-state index in [9.17, 15) is 24.5 Å². The van der Waals surface area contributed by atoms with Crippen molar-refractivity contribution in [3.8, 4) is 0 Å². The number of nitro groups is 1. The van der Waals surface area contributed by atoms with Gasteiger partial charge < -0.3 is 5.32 Å². The van der Waals surface area contributed by atoms with Crippen molar-refractivity contribution in [3.05, 3.63) is 43.8 Å². The van der Waals surface area contributed by atoms with Gasteiger partial charge in [0.05, 0.1) is 9.83 Å². The van der Waals surface area contributed by atoms with Crippen molar-refractivity contribution < 1.29 is 19.3 Å². The lowest BCUT2D eigenvalue weighted by atomic mass is 10.1. The molecular weight excluding hydrogens is 406 g/mol. The normalized spacial score (nSPS) is 18.9. The molecule has 28 heavy (non-hydrogen) atoms. The van der Waals surface area contributed by atoms with Crippen LogP contribution in [0.5, 0.6) is 0 Å². The first-order valence-electron chi connectivity index (χ1n) is 8.84. The van der Waals surface area contributed by atoms with Crippen molar-refractivity contribution in [1.82, 2.24) is 10.2 Å². The molecule has 0 spiro atoms. The zero-order valence-electron chi connectivity index (χ0n) is 14.9. The molecule has 1 saturated carbocycles. The summed E-state index contributed by atoms with van der Waals surface area (Å²) >= 11 is 6.54. The Morgan fingerprint density at radius 2 is 2.07 bits per heavy atom. The topological polar surface area (TPSA) is 110 Å². The van der Waals surface area contributed by atoms with E-state index in [-0.39, 0.29) is 40.5 Å². The summed E-state index contributed by atoms with van der Waals surface area (Å²) in [6.07, 6.45) is 5.28. The standard InChI is InChI=1S/C18H18ClN3O5S/c19-13-6-5-11(9-14(13)22(26)27)10-15-17(24)21(18(25)28-15)8-7-20-16(23)12-3-1-2-4-12/h5-6,9-10,12H,1-4,7-8H2,(H,20,23)/b15-10-. The Morgan fingerprint density at radius 1 is 1.36 bits per heavy atom. The first-order valence-corrected chi connectivity index (χ1v) is 10.0. The third-order valence-corrected chi connectivity index (χ3v) is 5.93. The molecule has 8 nitrogen and oxygen atoms in total. The Bertz CT molecular complexity index is 867. The largest absolute Gasteiger partial charge is 0.354 e. The highest BCUT2D eigenvalue weighted by molar-refractivity contribution is 8.18. The van der Waals surface area contributed by atoms with Crippen LogP contribution in [-0.2, 0) is 9.59 Å². The van der Waals surface area contributed by atoms with Gasteiger partial charge in [0.25, 0.3) is 16.8 Å². The zero-order chi connectivity index (χ0) is 20.3. The van der Waals surface area contributed by atoms with Crippen LogP contribution >= 0.6 is 23.4 Å². The van der Waals surface area contributed by atoms with Crippen molar-refractivity contribution in [2.75, 3.05) is 13.1 Å². The lowest BCUT2D eigenvalue weighted by Crippen LogP contribution is -2.39. The molecule has 3 amide bonds. The minimum Gasteiger partial charge on any atom is -0.354 e. The van der Waals surface area contributed by atoms with Crippen LogP contribution in [0.1, 0.15) is 31.2 Å². The molecular formula is C18H18ClN3O5S. The number of hydrogen-bond donors (Lipinski definition) is 1.